The van der Waals surface area contributed by atoms with E-state index < -0.39 is 0 Å². The molecule has 6 nitrogen and oxygen atoms in total. The fourth-order valence-electron chi connectivity index (χ4n) is 7.03. The summed E-state index contributed by atoms with van der Waals surface area (Å²) in [7, 11) is 0. The number of benzene rings is 7. The quantitative estimate of drug-likeness (QED) is 0.163. The van der Waals surface area contributed by atoms with Gasteiger partial charge in [-0.3, -0.25) is 0 Å². The monoisotopic (exact) mass is 635 g/mol. The number of para-hydroxylation sites is 4. The van der Waals surface area contributed by atoms with Gasteiger partial charge in [0.25, 0.3) is 6.71 Å². The van der Waals surface area contributed by atoms with Gasteiger partial charge in [-0.2, -0.15) is 0 Å². The maximum absolute atomic E-state index is 6.80. The summed E-state index contributed by atoms with van der Waals surface area (Å²) in [6, 6.07) is 51.7. The second kappa shape index (κ2) is 11.0. The van der Waals surface area contributed by atoms with Gasteiger partial charge in [0, 0.05) is 58.9 Å². The molecule has 0 saturated carbocycles. The molecular formula is C42H26BNO5. The van der Waals surface area contributed by atoms with Crippen molar-refractivity contribution in [2.75, 3.05) is 4.90 Å². The van der Waals surface area contributed by atoms with E-state index in [0.29, 0.717) is 40.2 Å². The van der Waals surface area contributed by atoms with Gasteiger partial charge in [0.05, 0.1) is 0 Å². The van der Waals surface area contributed by atoms with Crippen molar-refractivity contribution in [1.82, 2.24) is 0 Å². The number of rotatable bonds is 7. The average molecular weight is 635 g/mol. The van der Waals surface area contributed by atoms with Crippen molar-refractivity contribution >= 4 is 40.2 Å². The van der Waals surface area contributed by atoms with E-state index >= 15 is 0 Å². The second-order valence-corrected chi connectivity index (χ2v) is 12.1. The van der Waals surface area contributed by atoms with Crippen molar-refractivity contribution in [2.45, 2.75) is 0 Å². The van der Waals surface area contributed by atoms with Gasteiger partial charge in [0.15, 0.2) is 0 Å². The van der Waals surface area contributed by atoms with E-state index in [0.717, 1.165) is 50.7 Å². The Balaban J connectivity index is 1.21. The van der Waals surface area contributed by atoms with E-state index in [1.165, 1.54) is 0 Å². The fraction of sp³-hybridized carbons (Fsp3) is 0. The van der Waals surface area contributed by atoms with Crippen molar-refractivity contribution < 1.29 is 23.7 Å². The minimum Gasteiger partial charge on any atom is -0.458 e. The van der Waals surface area contributed by atoms with Crippen LogP contribution >= 0.6 is 0 Å². The molecule has 3 heterocycles. The van der Waals surface area contributed by atoms with Gasteiger partial charge in [-0.05, 0) is 59.5 Å². The zero-order valence-corrected chi connectivity index (χ0v) is 26.1. The lowest BCUT2D eigenvalue weighted by Gasteiger charge is -2.43. The third-order valence-corrected chi connectivity index (χ3v) is 9.00. The van der Waals surface area contributed by atoms with E-state index in [2.05, 4.69) is 29.2 Å². The Morgan fingerprint density at radius 3 is 1.12 bits per heavy atom. The minimum absolute atomic E-state index is 0.162. The minimum atomic E-state index is -0.162. The Kier molecular flexibility index (Phi) is 6.17. The summed E-state index contributed by atoms with van der Waals surface area (Å²) in [6.07, 6.45) is 0. The molecule has 0 spiro atoms. The molecule has 49 heavy (non-hydrogen) atoms. The van der Waals surface area contributed by atoms with Gasteiger partial charge < -0.3 is 28.6 Å². The molecule has 0 N–H and O–H groups in total. The first-order valence-corrected chi connectivity index (χ1v) is 16.2. The number of anilines is 3. The molecule has 10 rings (SSSR count). The Morgan fingerprint density at radius 1 is 0.367 bits per heavy atom. The smallest absolute Gasteiger partial charge is 0.266 e. The highest BCUT2D eigenvalue weighted by atomic mass is 16.5. The van der Waals surface area contributed by atoms with Crippen LogP contribution in [0.5, 0.6) is 57.5 Å². The number of hydrogen-bond donors (Lipinski definition) is 0. The molecule has 232 valence electrons. The summed E-state index contributed by atoms with van der Waals surface area (Å²) in [4.78, 5) is 2.25. The van der Waals surface area contributed by atoms with Gasteiger partial charge in [0.2, 0.25) is 0 Å². The first-order chi connectivity index (χ1) is 24.2. The number of ether oxygens (including phenoxy) is 5. The molecule has 0 fully saturated rings. The van der Waals surface area contributed by atoms with Gasteiger partial charge in [0.1, 0.15) is 57.5 Å². The van der Waals surface area contributed by atoms with Gasteiger partial charge in [-0.15, -0.1) is 0 Å². The van der Waals surface area contributed by atoms with Gasteiger partial charge >= 0.3 is 0 Å². The molecule has 7 aromatic rings. The molecular weight excluding hydrogens is 609 g/mol. The topological polar surface area (TPSA) is 49.4 Å². The molecule has 7 heteroatoms. The van der Waals surface area contributed by atoms with Crippen molar-refractivity contribution in [1.29, 1.82) is 0 Å². The second-order valence-electron chi connectivity index (χ2n) is 12.1. The van der Waals surface area contributed by atoms with Crippen LogP contribution in [0.4, 0.5) is 17.1 Å². The van der Waals surface area contributed by atoms with E-state index in [4.69, 9.17) is 23.7 Å². The maximum atomic E-state index is 6.80. The Hall–Kier alpha value is -6.60. The van der Waals surface area contributed by atoms with Crippen molar-refractivity contribution in [2.24, 2.45) is 0 Å². The first-order valence-electron chi connectivity index (χ1n) is 16.2. The van der Waals surface area contributed by atoms with Crippen LogP contribution in [-0.4, -0.2) is 6.71 Å². The highest BCUT2D eigenvalue weighted by molar-refractivity contribution is 7.00. The Labute approximate surface area is 283 Å². The Bertz CT molecular complexity index is 2250. The third-order valence-electron chi connectivity index (χ3n) is 9.00. The molecule has 0 radical (unpaired) electrons. The zero-order valence-electron chi connectivity index (χ0n) is 26.1. The van der Waals surface area contributed by atoms with E-state index in [1.54, 1.807) is 0 Å². The molecule has 0 unspecified atom stereocenters. The predicted octanol–water partition coefficient (Wildman–Crippen LogP) is 9.57. The summed E-state index contributed by atoms with van der Waals surface area (Å²) in [5, 5.41) is 0. The number of nitrogens with zero attached hydrogens (tertiary/aromatic N) is 1. The molecule has 0 bridgehead atoms. The number of hydrogen-bond acceptors (Lipinski definition) is 6. The van der Waals surface area contributed by atoms with Crippen LogP contribution in [0.1, 0.15) is 0 Å². The molecule has 0 aromatic heterocycles. The summed E-state index contributed by atoms with van der Waals surface area (Å²) in [5.41, 5.74) is 5.95. The molecule has 3 aliphatic heterocycles. The van der Waals surface area contributed by atoms with Crippen molar-refractivity contribution in [3.8, 4) is 57.5 Å². The van der Waals surface area contributed by atoms with E-state index in [9.17, 15) is 0 Å². The van der Waals surface area contributed by atoms with Crippen LogP contribution < -0.4 is 45.0 Å². The molecule has 7 aromatic carbocycles. The average Bonchev–Trinajstić information content (AvgIpc) is 3.13. The molecule has 0 aliphatic carbocycles. The lowest BCUT2D eigenvalue weighted by Crippen LogP contribution is -2.61. The third kappa shape index (κ3) is 4.66. The first kappa shape index (κ1) is 27.5. The maximum Gasteiger partial charge on any atom is 0.266 e. The summed E-state index contributed by atoms with van der Waals surface area (Å²) in [5.74, 6) is 6.92. The van der Waals surface area contributed by atoms with Gasteiger partial charge in [-0.1, -0.05) is 72.8 Å². The van der Waals surface area contributed by atoms with Crippen LogP contribution in [0, 0.1) is 0 Å². The van der Waals surface area contributed by atoms with Crippen LogP contribution in [-0.2, 0) is 0 Å². The molecule has 0 amide bonds. The zero-order chi connectivity index (χ0) is 32.3. The predicted molar refractivity (Wildman–Crippen MR) is 192 cm³/mol. The summed E-state index contributed by atoms with van der Waals surface area (Å²) >= 11 is 0. The van der Waals surface area contributed by atoms with E-state index in [-0.39, 0.29) is 6.71 Å². The summed E-state index contributed by atoms with van der Waals surface area (Å²) in [6.45, 7) is -0.162. The van der Waals surface area contributed by atoms with Gasteiger partial charge in [-0.25, -0.2) is 0 Å². The SMILES string of the molecule is c1ccc(Oc2cc3c4c(c2)Oc2cc(Oc5ccccc5)cc5c2B4c2c(cc(Oc4ccccc4)cc2N5c2ccccc2)O3)cc1. The van der Waals surface area contributed by atoms with Crippen LogP contribution in [0.3, 0.4) is 0 Å². The summed E-state index contributed by atoms with van der Waals surface area (Å²) < 4.78 is 32.9. The van der Waals surface area contributed by atoms with Crippen LogP contribution in [0.25, 0.3) is 0 Å². The Morgan fingerprint density at radius 2 is 0.714 bits per heavy atom. The molecule has 3 aliphatic rings. The lowest BCUT2D eigenvalue weighted by atomic mass is 9.33. The largest absolute Gasteiger partial charge is 0.458 e. The van der Waals surface area contributed by atoms with Crippen LogP contribution in [0.15, 0.2) is 158 Å². The van der Waals surface area contributed by atoms with Crippen molar-refractivity contribution in [3.63, 3.8) is 0 Å². The van der Waals surface area contributed by atoms with Crippen molar-refractivity contribution in [3.05, 3.63) is 158 Å². The molecule has 0 atom stereocenters. The van der Waals surface area contributed by atoms with E-state index in [1.807, 2.05) is 133 Å². The van der Waals surface area contributed by atoms with Crippen LogP contribution in [0.2, 0.25) is 0 Å². The molecule has 0 saturated heterocycles. The highest BCUT2D eigenvalue weighted by Gasteiger charge is 2.48. The fourth-order valence-corrected chi connectivity index (χ4v) is 7.03. The highest BCUT2D eigenvalue weighted by Crippen LogP contribution is 2.49. The standard InChI is InChI=1S/C42H26BNO5/c1-5-13-27(14-6-1)44-34-21-31(45-28-15-7-2-8-16-28)23-36-40(34)43-41-35(44)22-32(46-29-17-9-3-10-18-29)24-37(41)49-39-26-33(25-38(48-36)42(39)43)47-30-19-11-4-12-20-30/h1-26H. The normalized spacial score (nSPS) is 12.7. The lowest BCUT2D eigenvalue weighted by molar-refractivity contribution is 0.436.